The molecule has 0 spiro atoms. The minimum absolute atomic E-state index is 0.180. The van der Waals surface area contributed by atoms with E-state index in [1.54, 1.807) is 13.1 Å². The van der Waals surface area contributed by atoms with E-state index < -0.39 is 23.4 Å². The van der Waals surface area contributed by atoms with Gasteiger partial charge in [0.25, 0.3) is 11.6 Å². The highest BCUT2D eigenvalue weighted by molar-refractivity contribution is 5.95. The maximum atomic E-state index is 12.2. The van der Waals surface area contributed by atoms with Gasteiger partial charge in [-0.2, -0.15) is 0 Å². The average Bonchev–Trinajstić information content (AvgIpc) is 2.65. The van der Waals surface area contributed by atoms with Crippen molar-refractivity contribution in [2.75, 3.05) is 20.8 Å². The summed E-state index contributed by atoms with van der Waals surface area (Å²) in [6, 6.07) is 11.6. The predicted octanol–water partition coefficient (Wildman–Crippen LogP) is 2.73. The third-order valence-corrected chi connectivity index (χ3v) is 3.99. The number of hydrogen-bond donors (Lipinski definition) is 0. The summed E-state index contributed by atoms with van der Waals surface area (Å²) >= 11 is 0. The van der Waals surface area contributed by atoms with Crippen molar-refractivity contribution in [3.63, 3.8) is 0 Å². The summed E-state index contributed by atoms with van der Waals surface area (Å²) in [5, 5.41) is 11.2. The van der Waals surface area contributed by atoms with Crippen LogP contribution in [0.5, 0.6) is 5.75 Å². The normalized spacial score (nSPS) is 10.2. The van der Waals surface area contributed by atoms with Gasteiger partial charge < -0.3 is 14.4 Å². The first-order chi connectivity index (χ1) is 12.8. The Labute approximate surface area is 156 Å². The summed E-state index contributed by atoms with van der Waals surface area (Å²) in [6.45, 7) is 1.28. The molecule has 8 heteroatoms. The van der Waals surface area contributed by atoms with Gasteiger partial charge in [0.2, 0.25) is 0 Å². The zero-order chi connectivity index (χ0) is 20.0. The Balaban J connectivity index is 2.02. The Morgan fingerprint density at radius 1 is 1.15 bits per heavy atom. The van der Waals surface area contributed by atoms with Gasteiger partial charge in [-0.1, -0.05) is 30.3 Å². The number of carbonyl (C=O) groups excluding carboxylic acids is 2. The number of nitro benzene ring substituents is 1. The van der Waals surface area contributed by atoms with Crippen LogP contribution in [0.1, 0.15) is 21.5 Å². The Kier molecular flexibility index (Phi) is 6.48. The molecule has 0 heterocycles. The number of benzene rings is 2. The molecular formula is C19H20N2O6. The van der Waals surface area contributed by atoms with E-state index in [-0.39, 0.29) is 17.8 Å². The molecule has 0 unspecified atom stereocenters. The molecule has 0 aliphatic rings. The highest BCUT2D eigenvalue weighted by Gasteiger charge is 2.24. The number of amides is 1. The van der Waals surface area contributed by atoms with E-state index in [1.807, 2.05) is 18.2 Å². The summed E-state index contributed by atoms with van der Waals surface area (Å²) in [4.78, 5) is 36.3. The van der Waals surface area contributed by atoms with Crippen molar-refractivity contribution in [3.05, 3.63) is 69.3 Å². The van der Waals surface area contributed by atoms with E-state index in [0.29, 0.717) is 11.3 Å². The van der Waals surface area contributed by atoms with Gasteiger partial charge >= 0.3 is 5.97 Å². The summed E-state index contributed by atoms with van der Waals surface area (Å²) in [7, 11) is 3.11. The van der Waals surface area contributed by atoms with E-state index >= 15 is 0 Å². The first-order valence-corrected chi connectivity index (χ1v) is 8.12. The van der Waals surface area contributed by atoms with Gasteiger partial charge in [-0.05, 0) is 19.1 Å². The highest BCUT2D eigenvalue weighted by atomic mass is 16.6. The second-order valence-corrected chi connectivity index (χ2v) is 5.87. The van der Waals surface area contributed by atoms with Crippen LogP contribution in [0.4, 0.5) is 5.69 Å². The number of nitro groups is 1. The zero-order valence-electron chi connectivity index (χ0n) is 15.3. The number of esters is 1. The molecule has 0 saturated carbocycles. The number of carbonyl (C=O) groups is 2. The first-order valence-electron chi connectivity index (χ1n) is 8.12. The van der Waals surface area contributed by atoms with Crippen LogP contribution in [0.2, 0.25) is 0 Å². The molecule has 0 N–H and O–H groups in total. The molecule has 0 radical (unpaired) electrons. The molecule has 1 amide bonds. The van der Waals surface area contributed by atoms with E-state index in [1.165, 1.54) is 37.1 Å². The van der Waals surface area contributed by atoms with Crippen molar-refractivity contribution in [2.24, 2.45) is 0 Å². The maximum Gasteiger partial charge on any atom is 0.345 e. The second-order valence-electron chi connectivity index (χ2n) is 5.87. The summed E-state index contributed by atoms with van der Waals surface area (Å²) in [5.74, 6) is -0.710. The molecular weight excluding hydrogens is 352 g/mol. The van der Waals surface area contributed by atoms with Crippen molar-refractivity contribution in [1.82, 2.24) is 4.90 Å². The summed E-state index contributed by atoms with van der Waals surface area (Å²) in [5.41, 5.74) is 0.642. The molecule has 0 bridgehead atoms. The van der Waals surface area contributed by atoms with Crippen molar-refractivity contribution in [2.45, 2.75) is 13.5 Å². The molecule has 0 aliphatic carbocycles. The van der Waals surface area contributed by atoms with Gasteiger partial charge in [0.05, 0.1) is 12.0 Å². The lowest BCUT2D eigenvalue weighted by atomic mass is 10.1. The molecule has 8 nitrogen and oxygen atoms in total. The number of hydrogen-bond acceptors (Lipinski definition) is 6. The average molecular weight is 372 g/mol. The number of likely N-dealkylation sites (N-methyl/N-ethyl adjacent to an activating group) is 1. The lowest BCUT2D eigenvalue weighted by Crippen LogP contribution is -2.31. The fourth-order valence-corrected chi connectivity index (χ4v) is 2.56. The number of para-hydroxylation sites is 2. The Bertz CT molecular complexity index is 865. The summed E-state index contributed by atoms with van der Waals surface area (Å²) in [6.07, 6.45) is 0. The Morgan fingerprint density at radius 2 is 1.85 bits per heavy atom. The van der Waals surface area contributed by atoms with E-state index in [9.17, 15) is 19.7 Å². The molecule has 142 valence electrons. The highest BCUT2D eigenvalue weighted by Crippen LogP contribution is 2.24. The monoisotopic (exact) mass is 372 g/mol. The molecule has 0 aliphatic heterocycles. The molecule has 0 fully saturated rings. The van der Waals surface area contributed by atoms with E-state index in [4.69, 9.17) is 9.47 Å². The molecule has 27 heavy (non-hydrogen) atoms. The Morgan fingerprint density at radius 3 is 2.52 bits per heavy atom. The fraction of sp³-hybridized carbons (Fsp3) is 0.263. The zero-order valence-corrected chi connectivity index (χ0v) is 15.3. The van der Waals surface area contributed by atoms with Gasteiger partial charge in [-0.25, -0.2) is 4.79 Å². The fourth-order valence-electron chi connectivity index (χ4n) is 2.56. The third kappa shape index (κ3) is 4.81. The quantitative estimate of drug-likeness (QED) is 0.421. The molecule has 0 atom stereocenters. The topological polar surface area (TPSA) is 99.0 Å². The van der Waals surface area contributed by atoms with Crippen LogP contribution >= 0.6 is 0 Å². The van der Waals surface area contributed by atoms with Gasteiger partial charge in [0.1, 0.15) is 11.3 Å². The molecule has 0 aromatic heterocycles. The van der Waals surface area contributed by atoms with Crippen molar-refractivity contribution in [1.29, 1.82) is 0 Å². The number of methoxy groups -OCH3 is 1. The molecule has 2 rings (SSSR count). The van der Waals surface area contributed by atoms with Crippen LogP contribution in [0.3, 0.4) is 0 Å². The van der Waals surface area contributed by atoms with Crippen molar-refractivity contribution < 1.29 is 24.0 Å². The smallest absolute Gasteiger partial charge is 0.345 e. The Hall–Kier alpha value is -3.42. The summed E-state index contributed by atoms with van der Waals surface area (Å²) < 4.78 is 10.2. The number of aryl methyl sites for hydroxylation is 1. The van der Waals surface area contributed by atoms with Gasteiger partial charge in [-0.15, -0.1) is 0 Å². The number of nitrogens with zero attached hydrogens (tertiary/aromatic N) is 2. The molecule has 0 saturated heterocycles. The first kappa shape index (κ1) is 19.9. The van der Waals surface area contributed by atoms with Crippen LogP contribution in [0.15, 0.2) is 42.5 Å². The van der Waals surface area contributed by atoms with Crippen molar-refractivity contribution in [3.8, 4) is 5.75 Å². The lowest BCUT2D eigenvalue weighted by Gasteiger charge is -2.18. The number of ether oxygens (including phenoxy) is 2. The largest absolute Gasteiger partial charge is 0.496 e. The van der Waals surface area contributed by atoms with E-state index in [0.717, 1.165) is 5.56 Å². The minimum Gasteiger partial charge on any atom is -0.496 e. The predicted molar refractivity (Wildman–Crippen MR) is 97.6 cm³/mol. The van der Waals surface area contributed by atoms with Gasteiger partial charge in [0, 0.05) is 24.7 Å². The van der Waals surface area contributed by atoms with Gasteiger partial charge in [0.15, 0.2) is 6.61 Å². The van der Waals surface area contributed by atoms with Crippen LogP contribution in [-0.2, 0) is 16.1 Å². The molecule has 2 aromatic carbocycles. The van der Waals surface area contributed by atoms with Crippen LogP contribution in [-0.4, -0.2) is 42.5 Å². The van der Waals surface area contributed by atoms with Crippen LogP contribution in [0.25, 0.3) is 0 Å². The molecule has 2 aromatic rings. The van der Waals surface area contributed by atoms with Crippen LogP contribution in [0, 0.1) is 17.0 Å². The SMILES string of the molecule is COc1ccccc1CN(C)C(=O)COC(=O)c1cccc(C)c1[N+](=O)[O-]. The van der Waals surface area contributed by atoms with Crippen molar-refractivity contribution >= 4 is 17.6 Å². The van der Waals surface area contributed by atoms with Gasteiger partial charge in [-0.3, -0.25) is 14.9 Å². The lowest BCUT2D eigenvalue weighted by molar-refractivity contribution is -0.385. The number of rotatable bonds is 7. The third-order valence-electron chi connectivity index (χ3n) is 3.99. The minimum atomic E-state index is -0.913. The van der Waals surface area contributed by atoms with E-state index in [2.05, 4.69) is 0 Å². The van der Waals surface area contributed by atoms with Crippen LogP contribution < -0.4 is 4.74 Å². The standard InChI is InChI=1S/C19H20N2O6/c1-13-7-6-9-15(18(13)21(24)25)19(23)27-12-17(22)20(2)11-14-8-4-5-10-16(14)26-3/h4-10H,11-12H2,1-3H3. The second kappa shape index (κ2) is 8.79. The maximum absolute atomic E-state index is 12.2.